The lowest BCUT2D eigenvalue weighted by Gasteiger charge is -2.17. The summed E-state index contributed by atoms with van der Waals surface area (Å²) in [5.74, 6) is 0.0886. The molecule has 0 amide bonds. The van der Waals surface area contributed by atoms with Crippen molar-refractivity contribution in [2.45, 2.75) is 6.92 Å². The van der Waals surface area contributed by atoms with Crippen LogP contribution in [0.2, 0.25) is 0 Å². The molecule has 0 spiro atoms. The van der Waals surface area contributed by atoms with E-state index in [-0.39, 0.29) is 11.8 Å². The maximum absolute atomic E-state index is 11.2. The van der Waals surface area contributed by atoms with Crippen LogP contribution in [0.25, 0.3) is 10.1 Å². The van der Waals surface area contributed by atoms with Crippen molar-refractivity contribution in [1.82, 2.24) is 4.98 Å². The van der Waals surface area contributed by atoms with Gasteiger partial charge in [0.1, 0.15) is 5.82 Å². The first-order valence-corrected chi connectivity index (χ1v) is 6.84. The van der Waals surface area contributed by atoms with Crippen LogP contribution < -0.4 is 4.90 Å². The molecule has 1 fully saturated rings. The molecule has 0 aromatic carbocycles. The molecule has 2 atom stereocenters. The highest BCUT2D eigenvalue weighted by molar-refractivity contribution is 7.17. The molecule has 5 heteroatoms. The summed E-state index contributed by atoms with van der Waals surface area (Å²) in [5.41, 5.74) is 0. The Hall–Kier alpha value is -1.62. The number of nitrogens with zero attached hydrogens (tertiary/aromatic N) is 2. The van der Waals surface area contributed by atoms with Gasteiger partial charge in [0.15, 0.2) is 0 Å². The molecule has 18 heavy (non-hydrogen) atoms. The molecule has 1 aliphatic rings. The number of carbonyl (C=O) groups is 1. The van der Waals surface area contributed by atoms with E-state index in [4.69, 9.17) is 0 Å². The smallest absolute Gasteiger partial charge is 0.308 e. The number of aromatic nitrogens is 1. The van der Waals surface area contributed by atoms with Gasteiger partial charge < -0.3 is 10.0 Å². The topological polar surface area (TPSA) is 53.4 Å². The van der Waals surface area contributed by atoms with Crippen LogP contribution in [0.5, 0.6) is 0 Å². The minimum absolute atomic E-state index is 0.165. The van der Waals surface area contributed by atoms with Gasteiger partial charge in [-0.05, 0) is 23.4 Å². The van der Waals surface area contributed by atoms with E-state index < -0.39 is 5.97 Å². The lowest BCUT2D eigenvalue weighted by atomic mass is 9.99. The van der Waals surface area contributed by atoms with Crippen molar-refractivity contribution in [3.8, 4) is 0 Å². The number of carboxylic acid groups (broad SMARTS) is 1. The van der Waals surface area contributed by atoms with Gasteiger partial charge in [-0.1, -0.05) is 6.92 Å². The molecule has 0 aliphatic carbocycles. The molecule has 1 aliphatic heterocycles. The van der Waals surface area contributed by atoms with E-state index in [0.29, 0.717) is 6.54 Å². The molecule has 0 radical (unpaired) electrons. The average molecular weight is 262 g/mol. The SMILES string of the molecule is C[C@@H]1CN(c2nccc3sccc23)C[C@H]1C(=O)O. The summed E-state index contributed by atoms with van der Waals surface area (Å²) in [5, 5.41) is 12.3. The van der Waals surface area contributed by atoms with Crippen LogP contribution in [0.15, 0.2) is 23.7 Å². The first kappa shape index (κ1) is 11.5. The number of aliphatic carboxylic acids is 1. The molecular weight excluding hydrogens is 248 g/mol. The van der Waals surface area contributed by atoms with E-state index in [1.165, 1.54) is 4.70 Å². The van der Waals surface area contributed by atoms with Crippen molar-refractivity contribution in [2.24, 2.45) is 11.8 Å². The maximum Gasteiger partial charge on any atom is 0.308 e. The second kappa shape index (κ2) is 4.24. The molecule has 3 rings (SSSR count). The largest absolute Gasteiger partial charge is 0.481 e. The first-order valence-electron chi connectivity index (χ1n) is 5.97. The van der Waals surface area contributed by atoms with Gasteiger partial charge in [0.2, 0.25) is 0 Å². The number of rotatable bonds is 2. The highest BCUT2D eigenvalue weighted by Crippen LogP contribution is 2.33. The maximum atomic E-state index is 11.2. The molecular formula is C13H14N2O2S. The minimum atomic E-state index is -0.706. The predicted molar refractivity (Wildman–Crippen MR) is 72.1 cm³/mol. The fraction of sp³-hybridized carbons (Fsp3) is 0.385. The monoisotopic (exact) mass is 262 g/mol. The Morgan fingerprint density at radius 3 is 3.06 bits per heavy atom. The van der Waals surface area contributed by atoms with Crippen LogP contribution in [0.4, 0.5) is 5.82 Å². The summed E-state index contributed by atoms with van der Waals surface area (Å²) in [6.45, 7) is 3.31. The Morgan fingerprint density at radius 1 is 1.50 bits per heavy atom. The van der Waals surface area contributed by atoms with Gasteiger partial charge >= 0.3 is 5.97 Å². The van der Waals surface area contributed by atoms with E-state index in [0.717, 1.165) is 17.7 Å². The van der Waals surface area contributed by atoms with E-state index >= 15 is 0 Å². The van der Waals surface area contributed by atoms with Crippen molar-refractivity contribution >= 4 is 33.2 Å². The summed E-state index contributed by atoms with van der Waals surface area (Å²) in [4.78, 5) is 17.7. The fourth-order valence-electron chi connectivity index (χ4n) is 2.59. The minimum Gasteiger partial charge on any atom is -0.481 e. The summed E-state index contributed by atoms with van der Waals surface area (Å²) < 4.78 is 1.20. The van der Waals surface area contributed by atoms with Crippen molar-refractivity contribution < 1.29 is 9.90 Å². The second-order valence-electron chi connectivity index (χ2n) is 4.79. The van der Waals surface area contributed by atoms with Crippen LogP contribution in [0, 0.1) is 11.8 Å². The van der Waals surface area contributed by atoms with Gasteiger partial charge in [-0.25, -0.2) is 4.98 Å². The van der Waals surface area contributed by atoms with Crippen molar-refractivity contribution in [1.29, 1.82) is 0 Å². The number of fused-ring (bicyclic) bond motifs is 1. The Balaban J connectivity index is 1.97. The first-order chi connectivity index (χ1) is 8.66. The van der Waals surface area contributed by atoms with Crippen LogP contribution in [-0.4, -0.2) is 29.1 Å². The molecule has 0 saturated carbocycles. The highest BCUT2D eigenvalue weighted by Gasteiger charge is 2.35. The van der Waals surface area contributed by atoms with Crippen LogP contribution in [0.3, 0.4) is 0 Å². The molecule has 1 saturated heterocycles. The molecule has 0 bridgehead atoms. The van der Waals surface area contributed by atoms with E-state index in [9.17, 15) is 9.90 Å². The van der Waals surface area contributed by atoms with Crippen molar-refractivity contribution in [2.75, 3.05) is 18.0 Å². The number of anilines is 1. The summed E-state index contributed by atoms with van der Waals surface area (Å²) in [6, 6.07) is 4.05. The number of hydrogen-bond donors (Lipinski definition) is 1. The normalized spacial score (nSPS) is 23.7. The molecule has 1 N–H and O–H groups in total. The third kappa shape index (κ3) is 1.75. The van der Waals surface area contributed by atoms with Crippen molar-refractivity contribution in [3.63, 3.8) is 0 Å². The number of pyridine rings is 1. The molecule has 0 unspecified atom stereocenters. The Kier molecular flexibility index (Phi) is 2.70. The number of thiophene rings is 1. The molecule has 4 nitrogen and oxygen atoms in total. The van der Waals surface area contributed by atoms with Crippen LogP contribution in [0.1, 0.15) is 6.92 Å². The Bertz CT molecular complexity index is 595. The third-order valence-electron chi connectivity index (χ3n) is 3.59. The summed E-state index contributed by atoms with van der Waals surface area (Å²) in [7, 11) is 0. The zero-order chi connectivity index (χ0) is 12.7. The van der Waals surface area contributed by atoms with E-state index in [1.807, 2.05) is 18.4 Å². The van der Waals surface area contributed by atoms with Gasteiger partial charge in [0, 0.05) is 29.4 Å². The predicted octanol–water partition coefficient (Wildman–Crippen LogP) is 2.45. The van der Waals surface area contributed by atoms with Gasteiger partial charge in [0.25, 0.3) is 0 Å². The lowest BCUT2D eigenvalue weighted by molar-refractivity contribution is -0.142. The van der Waals surface area contributed by atoms with Gasteiger partial charge in [-0.3, -0.25) is 4.79 Å². The van der Waals surface area contributed by atoms with Crippen LogP contribution >= 0.6 is 11.3 Å². The summed E-state index contributed by atoms with van der Waals surface area (Å²) in [6.07, 6.45) is 1.80. The van der Waals surface area contributed by atoms with E-state index in [1.54, 1.807) is 17.5 Å². The zero-order valence-electron chi connectivity index (χ0n) is 10.0. The summed E-state index contributed by atoms with van der Waals surface area (Å²) >= 11 is 1.69. The van der Waals surface area contributed by atoms with Gasteiger partial charge in [-0.2, -0.15) is 0 Å². The zero-order valence-corrected chi connectivity index (χ0v) is 10.9. The lowest BCUT2D eigenvalue weighted by Crippen LogP contribution is -2.23. The highest BCUT2D eigenvalue weighted by atomic mass is 32.1. The molecule has 3 heterocycles. The van der Waals surface area contributed by atoms with Crippen molar-refractivity contribution in [3.05, 3.63) is 23.7 Å². The Morgan fingerprint density at radius 2 is 2.33 bits per heavy atom. The van der Waals surface area contributed by atoms with E-state index in [2.05, 4.69) is 16.0 Å². The molecule has 2 aromatic heterocycles. The fourth-order valence-corrected chi connectivity index (χ4v) is 3.37. The average Bonchev–Trinajstić information content (AvgIpc) is 2.94. The molecule has 94 valence electrons. The van der Waals surface area contributed by atoms with Crippen LogP contribution in [-0.2, 0) is 4.79 Å². The number of carboxylic acids is 1. The Labute approximate surface area is 109 Å². The number of hydrogen-bond acceptors (Lipinski definition) is 4. The third-order valence-corrected chi connectivity index (χ3v) is 4.47. The second-order valence-corrected chi connectivity index (χ2v) is 5.74. The standard InChI is InChI=1S/C13H14N2O2S/c1-8-6-15(7-10(8)13(16)17)12-9-3-5-18-11(9)2-4-14-12/h2-5,8,10H,6-7H2,1H3,(H,16,17)/t8-,10-/m1/s1. The molecule has 2 aromatic rings. The van der Waals surface area contributed by atoms with Gasteiger partial charge in [0.05, 0.1) is 5.92 Å². The van der Waals surface area contributed by atoms with Gasteiger partial charge in [-0.15, -0.1) is 11.3 Å². The quantitative estimate of drug-likeness (QED) is 0.903.